The molecule has 1 atom stereocenters. The fraction of sp³-hybridized carbons (Fsp3) is 0.545. The Kier molecular flexibility index (Phi) is 64.0. The van der Waals surface area contributed by atoms with Crippen LogP contribution in [-0.4, -0.2) is 37.2 Å². The SMILES string of the molecule is CC/C=C\C/C=C\C/C=C\C/C=C\C/C=C\C/C=C\C/C=C\C/C=C\C/C=C\C/C=C\CCCCC(=O)OCC(COC(=O)CCCCCCCCCCCCCCC)OC(=O)CC/C=C\C/C=C\C/C=C\C/C=C\C/C=C\C/C=C\CC. The van der Waals surface area contributed by atoms with Crippen molar-refractivity contribution in [2.45, 2.75) is 258 Å². The first-order valence-electron chi connectivity index (χ1n) is 32.9. The first-order chi connectivity index (χ1) is 41.0. The molecule has 1 unspecified atom stereocenters. The second-order valence-corrected chi connectivity index (χ2v) is 20.9. The average Bonchev–Trinajstić information content (AvgIpc) is 3.49. The second kappa shape index (κ2) is 68.7. The normalized spacial score (nSPS) is 13.4. The van der Waals surface area contributed by atoms with Gasteiger partial charge in [0.25, 0.3) is 0 Å². The van der Waals surface area contributed by atoms with Gasteiger partial charge in [0.2, 0.25) is 0 Å². The van der Waals surface area contributed by atoms with E-state index >= 15 is 0 Å². The fourth-order valence-corrected chi connectivity index (χ4v) is 8.26. The van der Waals surface area contributed by atoms with Gasteiger partial charge >= 0.3 is 17.9 Å². The van der Waals surface area contributed by atoms with Crippen LogP contribution in [0.5, 0.6) is 0 Å². The van der Waals surface area contributed by atoms with Crippen molar-refractivity contribution >= 4 is 17.9 Å². The Morgan fingerprint density at radius 3 is 0.783 bits per heavy atom. The summed E-state index contributed by atoms with van der Waals surface area (Å²) in [6.45, 7) is 6.30. The van der Waals surface area contributed by atoms with Crippen molar-refractivity contribution in [3.05, 3.63) is 194 Å². The molecule has 83 heavy (non-hydrogen) atoms. The minimum atomic E-state index is -0.847. The van der Waals surface area contributed by atoms with Gasteiger partial charge in [0.15, 0.2) is 6.10 Å². The Balaban J connectivity index is 4.50. The van der Waals surface area contributed by atoms with E-state index in [9.17, 15) is 14.4 Å². The van der Waals surface area contributed by atoms with E-state index in [-0.39, 0.29) is 38.0 Å². The highest BCUT2D eigenvalue weighted by atomic mass is 16.6. The van der Waals surface area contributed by atoms with E-state index in [0.717, 1.165) is 135 Å². The van der Waals surface area contributed by atoms with Crippen molar-refractivity contribution < 1.29 is 28.6 Å². The summed E-state index contributed by atoms with van der Waals surface area (Å²) in [7, 11) is 0. The summed E-state index contributed by atoms with van der Waals surface area (Å²) in [5.74, 6) is -1.07. The Morgan fingerprint density at radius 1 is 0.253 bits per heavy atom. The average molecular weight is 1140 g/mol. The monoisotopic (exact) mass is 1140 g/mol. The largest absolute Gasteiger partial charge is 0.462 e. The maximum Gasteiger partial charge on any atom is 0.306 e. The summed E-state index contributed by atoms with van der Waals surface area (Å²) in [5.41, 5.74) is 0. The highest BCUT2D eigenvalue weighted by Gasteiger charge is 2.19. The van der Waals surface area contributed by atoms with Crippen LogP contribution >= 0.6 is 0 Å². The van der Waals surface area contributed by atoms with Crippen molar-refractivity contribution in [2.24, 2.45) is 0 Å². The Bertz CT molecular complexity index is 1990. The Hall–Kier alpha value is -5.75. The topological polar surface area (TPSA) is 78.9 Å². The number of rotatable bonds is 57. The molecule has 0 rings (SSSR count). The minimum absolute atomic E-state index is 0.130. The second-order valence-electron chi connectivity index (χ2n) is 20.9. The van der Waals surface area contributed by atoms with Gasteiger partial charge in [0.05, 0.1) is 0 Å². The Morgan fingerprint density at radius 2 is 0.494 bits per heavy atom. The fourth-order valence-electron chi connectivity index (χ4n) is 8.26. The summed E-state index contributed by atoms with van der Waals surface area (Å²) >= 11 is 0. The molecule has 0 aromatic carbocycles. The van der Waals surface area contributed by atoms with Gasteiger partial charge in [0.1, 0.15) is 13.2 Å². The van der Waals surface area contributed by atoms with Gasteiger partial charge in [-0.3, -0.25) is 14.4 Å². The molecule has 6 heteroatoms. The summed E-state index contributed by atoms with van der Waals surface area (Å²) in [5, 5.41) is 0. The van der Waals surface area contributed by atoms with Crippen LogP contribution in [0.1, 0.15) is 252 Å². The number of esters is 3. The molecule has 0 bridgehead atoms. The maximum absolute atomic E-state index is 12.9. The van der Waals surface area contributed by atoms with E-state index in [1.54, 1.807) is 0 Å². The summed E-state index contributed by atoms with van der Waals surface area (Å²) < 4.78 is 16.8. The standard InChI is InChI=1S/C77H118O6/c1-4-7-10-13-16-19-22-25-27-29-31-32-33-34-35-36-37-38-39-40-41-42-43-44-46-47-49-52-55-58-61-64-67-70-76(79)82-73-74(72-81-75(78)69-66-63-60-57-54-51-24-21-18-15-12-9-6-3)83-77(80)71-68-65-62-59-56-53-50-48-45-30-28-26-23-20-17-14-11-8-5-2/h7-8,10-11,16-17,19-20,25-28,31-32,34-35,37-38,40-41,43-45,47-49,53,55-56,58,62,65,74H,4-6,9,12-15,18,21-24,29-30,33,36,39,42,46,50-52,54,57,59-61,63-64,66-73H2,1-3H3/b10-7-,11-8-,19-16-,20-17-,27-25-,28-26-,32-31-,35-34-,38-37-,41-40-,44-43-,48-45-,49-47-,56-53-,58-55-,65-62-. The molecule has 0 radical (unpaired) electrons. The van der Waals surface area contributed by atoms with Gasteiger partial charge in [-0.05, 0) is 135 Å². The number of allylic oxidation sites excluding steroid dienone is 32. The predicted octanol–water partition coefficient (Wildman–Crippen LogP) is 23.0. The molecule has 6 nitrogen and oxygen atoms in total. The van der Waals surface area contributed by atoms with Crippen LogP contribution in [0.2, 0.25) is 0 Å². The van der Waals surface area contributed by atoms with Crippen molar-refractivity contribution in [3.8, 4) is 0 Å². The van der Waals surface area contributed by atoms with Crippen molar-refractivity contribution in [2.75, 3.05) is 13.2 Å². The summed E-state index contributed by atoms with van der Waals surface area (Å²) in [6, 6.07) is 0. The van der Waals surface area contributed by atoms with Crippen molar-refractivity contribution in [1.29, 1.82) is 0 Å². The highest BCUT2D eigenvalue weighted by Crippen LogP contribution is 2.14. The van der Waals surface area contributed by atoms with Crippen LogP contribution in [0.3, 0.4) is 0 Å². The highest BCUT2D eigenvalue weighted by molar-refractivity contribution is 5.71. The minimum Gasteiger partial charge on any atom is -0.462 e. The van der Waals surface area contributed by atoms with Crippen LogP contribution in [0, 0.1) is 0 Å². The molecule has 0 heterocycles. The molecule has 0 aromatic heterocycles. The van der Waals surface area contributed by atoms with Crippen LogP contribution in [0.15, 0.2) is 194 Å². The number of carbonyl (C=O) groups is 3. The van der Waals surface area contributed by atoms with E-state index in [1.165, 1.54) is 64.2 Å². The molecule has 0 saturated heterocycles. The molecule has 0 N–H and O–H groups in total. The zero-order chi connectivity index (χ0) is 59.9. The van der Waals surface area contributed by atoms with Gasteiger partial charge in [-0.25, -0.2) is 0 Å². The van der Waals surface area contributed by atoms with Gasteiger partial charge in [-0.15, -0.1) is 0 Å². The zero-order valence-corrected chi connectivity index (χ0v) is 52.9. The van der Waals surface area contributed by atoms with Crippen LogP contribution in [-0.2, 0) is 28.6 Å². The lowest BCUT2D eigenvalue weighted by atomic mass is 10.0. The maximum atomic E-state index is 12.9. The third kappa shape index (κ3) is 66.9. The number of carbonyl (C=O) groups excluding carboxylic acids is 3. The van der Waals surface area contributed by atoms with Crippen LogP contribution in [0.25, 0.3) is 0 Å². The lowest BCUT2D eigenvalue weighted by molar-refractivity contribution is -0.166. The molecule has 0 fully saturated rings. The van der Waals surface area contributed by atoms with Gasteiger partial charge in [-0.2, -0.15) is 0 Å². The molecule has 0 spiro atoms. The third-order valence-electron chi connectivity index (χ3n) is 13.1. The van der Waals surface area contributed by atoms with Crippen LogP contribution in [0.4, 0.5) is 0 Å². The zero-order valence-electron chi connectivity index (χ0n) is 52.9. The van der Waals surface area contributed by atoms with E-state index in [0.29, 0.717) is 19.3 Å². The number of ether oxygens (including phenoxy) is 3. The molecule has 0 aliphatic heterocycles. The number of unbranched alkanes of at least 4 members (excludes halogenated alkanes) is 14. The molecule has 0 aliphatic rings. The molecular formula is C77H118O6. The number of hydrogen-bond acceptors (Lipinski definition) is 6. The molecular weight excluding hydrogens is 1020 g/mol. The lowest BCUT2D eigenvalue weighted by Gasteiger charge is -2.18. The van der Waals surface area contributed by atoms with E-state index in [2.05, 4.69) is 203 Å². The first kappa shape index (κ1) is 77.2. The molecule has 0 aliphatic carbocycles. The molecule has 462 valence electrons. The van der Waals surface area contributed by atoms with Crippen LogP contribution < -0.4 is 0 Å². The molecule has 0 amide bonds. The first-order valence-corrected chi connectivity index (χ1v) is 32.9. The lowest BCUT2D eigenvalue weighted by Crippen LogP contribution is -2.30. The van der Waals surface area contributed by atoms with Crippen molar-refractivity contribution in [1.82, 2.24) is 0 Å². The number of hydrogen-bond donors (Lipinski definition) is 0. The summed E-state index contributed by atoms with van der Waals surface area (Å²) in [4.78, 5) is 38.3. The summed E-state index contributed by atoms with van der Waals surface area (Å²) in [6.07, 6.45) is 105. The molecule has 0 aromatic rings. The predicted molar refractivity (Wildman–Crippen MR) is 361 cm³/mol. The Labute approximate surface area is 509 Å². The van der Waals surface area contributed by atoms with Gasteiger partial charge in [0, 0.05) is 19.3 Å². The third-order valence-corrected chi connectivity index (χ3v) is 13.1. The van der Waals surface area contributed by atoms with Crippen molar-refractivity contribution in [3.63, 3.8) is 0 Å². The quantitative estimate of drug-likeness (QED) is 0.0261. The van der Waals surface area contributed by atoms with Gasteiger partial charge < -0.3 is 14.2 Å². The van der Waals surface area contributed by atoms with Gasteiger partial charge in [-0.1, -0.05) is 292 Å². The molecule has 0 saturated carbocycles. The van der Waals surface area contributed by atoms with E-state index < -0.39 is 12.1 Å². The smallest absolute Gasteiger partial charge is 0.306 e. The van der Waals surface area contributed by atoms with E-state index in [4.69, 9.17) is 14.2 Å². The van der Waals surface area contributed by atoms with E-state index in [1.807, 2.05) is 12.2 Å².